The van der Waals surface area contributed by atoms with Gasteiger partial charge in [0, 0.05) is 11.8 Å². The van der Waals surface area contributed by atoms with Crippen LogP contribution in [0.25, 0.3) is 11.4 Å². The second-order valence-corrected chi connectivity index (χ2v) is 5.24. The highest BCUT2D eigenvalue weighted by Crippen LogP contribution is 2.22. The molecule has 0 aliphatic heterocycles. The fraction of sp³-hybridized carbons (Fsp3) is 0.176. The van der Waals surface area contributed by atoms with Crippen molar-refractivity contribution in [3.8, 4) is 17.1 Å². The zero-order valence-corrected chi connectivity index (χ0v) is 13.6. The van der Waals surface area contributed by atoms with Crippen LogP contribution >= 0.6 is 0 Å². The largest absolute Gasteiger partial charge is 0.497 e. The molecule has 0 radical (unpaired) electrons. The molecule has 0 fully saturated rings. The Hall–Kier alpha value is -3.29. The number of nitrogens with zero attached hydrogens (tertiary/aromatic N) is 3. The van der Waals surface area contributed by atoms with Crippen molar-refractivity contribution in [3.63, 3.8) is 0 Å². The molecule has 1 aromatic carbocycles. The lowest BCUT2D eigenvalue weighted by Crippen LogP contribution is -2.27. The minimum atomic E-state index is -0.699. The van der Waals surface area contributed by atoms with E-state index in [1.807, 2.05) is 12.1 Å². The molecule has 7 nitrogen and oxygen atoms in total. The van der Waals surface area contributed by atoms with Gasteiger partial charge in [-0.25, -0.2) is 4.39 Å². The van der Waals surface area contributed by atoms with E-state index in [-0.39, 0.29) is 11.5 Å². The molecule has 1 N–H and O–H groups in total. The molecule has 0 saturated carbocycles. The summed E-state index contributed by atoms with van der Waals surface area (Å²) in [7, 11) is 1.57. The van der Waals surface area contributed by atoms with E-state index in [9.17, 15) is 9.18 Å². The van der Waals surface area contributed by atoms with Gasteiger partial charge in [0.1, 0.15) is 11.8 Å². The lowest BCUT2D eigenvalue weighted by Gasteiger charge is -2.09. The summed E-state index contributed by atoms with van der Waals surface area (Å²) in [5, 5.41) is 6.52. The third-order valence-corrected chi connectivity index (χ3v) is 3.50. The first-order chi connectivity index (χ1) is 12.1. The number of benzene rings is 1. The molecular formula is C17H15FN4O3. The van der Waals surface area contributed by atoms with E-state index in [2.05, 4.69) is 20.4 Å². The molecule has 25 heavy (non-hydrogen) atoms. The third kappa shape index (κ3) is 3.63. The summed E-state index contributed by atoms with van der Waals surface area (Å²) in [6.07, 6.45) is 2.32. The molecule has 2 heterocycles. The average Bonchev–Trinajstić information content (AvgIpc) is 3.12. The van der Waals surface area contributed by atoms with Gasteiger partial charge in [0.2, 0.25) is 11.7 Å². The van der Waals surface area contributed by atoms with E-state index in [0.717, 1.165) is 6.20 Å². The number of carbonyl (C=O) groups excluding carboxylic acids is 1. The smallest absolute Gasteiger partial charge is 0.255 e. The Kier molecular flexibility index (Phi) is 4.69. The van der Waals surface area contributed by atoms with E-state index in [1.54, 1.807) is 26.2 Å². The van der Waals surface area contributed by atoms with Crippen molar-refractivity contribution in [1.29, 1.82) is 0 Å². The summed E-state index contributed by atoms with van der Waals surface area (Å²) in [6.45, 7) is 1.67. The van der Waals surface area contributed by atoms with Crippen LogP contribution < -0.4 is 10.1 Å². The van der Waals surface area contributed by atoms with Gasteiger partial charge in [0.25, 0.3) is 5.91 Å². The highest BCUT2D eigenvalue weighted by molar-refractivity contribution is 5.94. The fourth-order valence-electron chi connectivity index (χ4n) is 2.19. The number of amides is 1. The first-order valence-electron chi connectivity index (χ1n) is 7.47. The van der Waals surface area contributed by atoms with E-state index < -0.39 is 17.8 Å². The van der Waals surface area contributed by atoms with Crippen molar-refractivity contribution in [2.24, 2.45) is 0 Å². The number of hydrogen-bond donors (Lipinski definition) is 1. The number of halogens is 1. The van der Waals surface area contributed by atoms with Gasteiger partial charge in [-0.1, -0.05) is 17.3 Å². The topological polar surface area (TPSA) is 90.1 Å². The van der Waals surface area contributed by atoms with Gasteiger partial charge in [-0.05, 0) is 25.1 Å². The SMILES string of the molecule is COc1cccc(-c2noc([C@@H](C)NC(=O)c3ccncc3F)n2)c1. The van der Waals surface area contributed by atoms with Crippen LogP contribution in [0.5, 0.6) is 5.75 Å². The van der Waals surface area contributed by atoms with Crippen LogP contribution in [0.15, 0.2) is 47.2 Å². The Morgan fingerprint density at radius 3 is 2.96 bits per heavy atom. The Bertz CT molecular complexity index is 897. The molecule has 3 rings (SSSR count). The van der Waals surface area contributed by atoms with E-state index >= 15 is 0 Å². The molecule has 1 amide bonds. The molecule has 3 aromatic rings. The maximum Gasteiger partial charge on any atom is 0.255 e. The molecule has 0 unspecified atom stereocenters. The highest BCUT2D eigenvalue weighted by Gasteiger charge is 2.20. The minimum absolute atomic E-state index is 0.102. The van der Waals surface area contributed by atoms with Crippen molar-refractivity contribution in [3.05, 3.63) is 60.0 Å². The number of aromatic nitrogens is 3. The zero-order valence-electron chi connectivity index (χ0n) is 13.6. The third-order valence-electron chi connectivity index (χ3n) is 3.50. The van der Waals surface area contributed by atoms with Crippen LogP contribution in [0.4, 0.5) is 4.39 Å². The Morgan fingerprint density at radius 1 is 1.36 bits per heavy atom. The van der Waals surface area contributed by atoms with Crippen molar-refractivity contribution in [1.82, 2.24) is 20.4 Å². The van der Waals surface area contributed by atoms with Crippen LogP contribution in [-0.4, -0.2) is 28.1 Å². The summed E-state index contributed by atoms with van der Waals surface area (Å²) in [5.74, 6) is -0.0487. The van der Waals surface area contributed by atoms with Crippen molar-refractivity contribution >= 4 is 5.91 Å². The summed E-state index contributed by atoms with van der Waals surface area (Å²) < 4.78 is 24.0. The van der Waals surface area contributed by atoms with E-state index in [0.29, 0.717) is 17.1 Å². The van der Waals surface area contributed by atoms with Crippen LogP contribution in [0.2, 0.25) is 0 Å². The predicted octanol–water partition coefficient (Wildman–Crippen LogP) is 2.77. The molecule has 2 aromatic heterocycles. The van der Waals surface area contributed by atoms with Crippen molar-refractivity contribution in [2.45, 2.75) is 13.0 Å². The summed E-state index contributed by atoms with van der Waals surface area (Å²) in [4.78, 5) is 20.0. The molecule has 0 aliphatic carbocycles. The second kappa shape index (κ2) is 7.08. The second-order valence-electron chi connectivity index (χ2n) is 5.24. The Labute approximate surface area is 142 Å². The number of carbonyl (C=O) groups is 1. The van der Waals surface area contributed by atoms with Crippen LogP contribution in [0, 0.1) is 5.82 Å². The van der Waals surface area contributed by atoms with Gasteiger partial charge in [-0.3, -0.25) is 9.78 Å². The summed E-state index contributed by atoms with van der Waals surface area (Å²) >= 11 is 0. The minimum Gasteiger partial charge on any atom is -0.497 e. The fourth-order valence-corrected chi connectivity index (χ4v) is 2.19. The van der Waals surface area contributed by atoms with Crippen molar-refractivity contribution in [2.75, 3.05) is 7.11 Å². The molecule has 0 saturated heterocycles. The van der Waals surface area contributed by atoms with E-state index in [4.69, 9.17) is 9.26 Å². The molecule has 0 aliphatic rings. The maximum atomic E-state index is 13.6. The Morgan fingerprint density at radius 2 is 2.20 bits per heavy atom. The quantitative estimate of drug-likeness (QED) is 0.767. The highest BCUT2D eigenvalue weighted by atomic mass is 19.1. The first kappa shape index (κ1) is 16.6. The Balaban J connectivity index is 1.75. The van der Waals surface area contributed by atoms with Gasteiger partial charge in [-0.2, -0.15) is 4.98 Å². The number of hydrogen-bond acceptors (Lipinski definition) is 6. The van der Waals surface area contributed by atoms with Gasteiger partial charge >= 0.3 is 0 Å². The molecule has 0 bridgehead atoms. The van der Waals surface area contributed by atoms with Crippen molar-refractivity contribution < 1.29 is 18.4 Å². The van der Waals surface area contributed by atoms with Crippen LogP contribution in [0.3, 0.4) is 0 Å². The molecule has 128 valence electrons. The lowest BCUT2D eigenvalue weighted by atomic mass is 10.2. The maximum absolute atomic E-state index is 13.6. The number of rotatable bonds is 5. The first-order valence-corrected chi connectivity index (χ1v) is 7.47. The van der Waals surface area contributed by atoms with Gasteiger partial charge in [0.05, 0.1) is 18.9 Å². The summed E-state index contributed by atoms with van der Waals surface area (Å²) in [5.41, 5.74) is 0.613. The molecular weight excluding hydrogens is 327 g/mol. The number of ether oxygens (including phenoxy) is 1. The number of nitrogens with one attached hydrogen (secondary N) is 1. The predicted molar refractivity (Wildman–Crippen MR) is 86.4 cm³/mol. The van der Waals surface area contributed by atoms with Crippen LogP contribution in [-0.2, 0) is 0 Å². The summed E-state index contributed by atoms with van der Waals surface area (Å²) in [6, 6.07) is 7.90. The van der Waals surface area contributed by atoms with E-state index in [1.165, 1.54) is 12.3 Å². The van der Waals surface area contributed by atoms with Gasteiger partial charge in [0.15, 0.2) is 5.82 Å². The standard InChI is InChI=1S/C17H15FN4O3/c1-10(20-16(23)13-6-7-19-9-14(13)18)17-21-15(22-25-17)11-4-3-5-12(8-11)24-2/h3-10H,1-2H3,(H,20,23)/t10-/m1/s1. The molecule has 8 heteroatoms. The normalized spacial score (nSPS) is 11.8. The lowest BCUT2D eigenvalue weighted by molar-refractivity contribution is 0.0928. The van der Waals surface area contributed by atoms with Gasteiger partial charge in [-0.15, -0.1) is 0 Å². The van der Waals surface area contributed by atoms with Gasteiger partial charge < -0.3 is 14.6 Å². The monoisotopic (exact) mass is 342 g/mol. The van der Waals surface area contributed by atoms with Crippen LogP contribution in [0.1, 0.15) is 29.2 Å². The zero-order chi connectivity index (χ0) is 17.8. The molecule has 0 spiro atoms. The number of methoxy groups -OCH3 is 1. The average molecular weight is 342 g/mol. The number of pyridine rings is 1. The molecule has 1 atom stereocenters.